The van der Waals surface area contributed by atoms with E-state index in [2.05, 4.69) is 29.6 Å². The van der Waals surface area contributed by atoms with Gasteiger partial charge in [-0.05, 0) is 48.9 Å². The number of hydrogen-bond acceptors (Lipinski definition) is 2. The SMILES string of the molecule is Cc1ccc(N)cc1C(=O)NC1CC(c2ccccc2)C1. The molecular weight excluding hydrogens is 260 g/mol. The smallest absolute Gasteiger partial charge is 0.251 e. The number of anilines is 1. The average molecular weight is 280 g/mol. The van der Waals surface area contributed by atoms with E-state index in [9.17, 15) is 4.79 Å². The van der Waals surface area contributed by atoms with Gasteiger partial charge >= 0.3 is 0 Å². The highest BCUT2D eigenvalue weighted by Gasteiger charge is 2.31. The van der Waals surface area contributed by atoms with Gasteiger partial charge in [0.05, 0.1) is 0 Å². The number of nitrogens with one attached hydrogen (secondary N) is 1. The fraction of sp³-hybridized carbons (Fsp3) is 0.278. The molecule has 3 N–H and O–H groups in total. The predicted molar refractivity (Wildman–Crippen MR) is 85.3 cm³/mol. The normalized spacial score (nSPS) is 20.6. The van der Waals surface area contributed by atoms with E-state index in [0.29, 0.717) is 17.2 Å². The Morgan fingerprint density at radius 3 is 2.57 bits per heavy atom. The topological polar surface area (TPSA) is 55.1 Å². The minimum atomic E-state index is -0.0173. The van der Waals surface area contributed by atoms with Crippen LogP contribution in [0.2, 0.25) is 0 Å². The van der Waals surface area contributed by atoms with Crippen molar-refractivity contribution in [2.45, 2.75) is 31.7 Å². The molecule has 1 aliphatic carbocycles. The Morgan fingerprint density at radius 1 is 1.14 bits per heavy atom. The lowest BCUT2D eigenvalue weighted by Gasteiger charge is -2.36. The van der Waals surface area contributed by atoms with Crippen LogP contribution < -0.4 is 11.1 Å². The number of aryl methyl sites for hydroxylation is 1. The summed E-state index contributed by atoms with van der Waals surface area (Å²) in [5.74, 6) is 0.551. The number of carbonyl (C=O) groups is 1. The van der Waals surface area contributed by atoms with Crippen molar-refractivity contribution in [2.75, 3.05) is 5.73 Å². The summed E-state index contributed by atoms with van der Waals surface area (Å²) in [7, 11) is 0. The molecule has 21 heavy (non-hydrogen) atoms. The number of hydrogen-bond donors (Lipinski definition) is 2. The lowest BCUT2D eigenvalue weighted by molar-refractivity contribution is 0.0908. The van der Waals surface area contributed by atoms with Crippen LogP contribution in [0, 0.1) is 6.92 Å². The highest BCUT2D eigenvalue weighted by atomic mass is 16.1. The van der Waals surface area contributed by atoms with E-state index < -0.39 is 0 Å². The van der Waals surface area contributed by atoms with Crippen LogP contribution in [0.25, 0.3) is 0 Å². The molecule has 0 spiro atoms. The molecule has 3 heteroatoms. The van der Waals surface area contributed by atoms with E-state index >= 15 is 0 Å². The lowest BCUT2D eigenvalue weighted by atomic mass is 9.76. The third kappa shape index (κ3) is 2.92. The molecule has 3 nitrogen and oxygen atoms in total. The van der Waals surface area contributed by atoms with E-state index in [1.807, 2.05) is 25.1 Å². The summed E-state index contributed by atoms with van der Waals surface area (Å²) in [6.07, 6.45) is 2.02. The standard InChI is InChI=1S/C18H20N2O/c1-12-7-8-15(19)11-17(12)18(21)20-16-9-14(10-16)13-5-3-2-4-6-13/h2-8,11,14,16H,9-10,19H2,1H3,(H,20,21). The summed E-state index contributed by atoms with van der Waals surface area (Å²) in [6, 6.07) is 16.2. The van der Waals surface area contributed by atoms with Crippen LogP contribution in [-0.2, 0) is 0 Å². The largest absolute Gasteiger partial charge is 0.399 e. The van der Waals surface area contributed by atoms with E-state index in [1.165, 1.54) is 5.56 Å². The maximum Gasteiger partial charge on any atom is 0.251 e. The molecule has 1 aliphatic rings. The maximum absolute atomic E-state index is 12.3. The summed E-state index contributed by atoms with van der Waals surface area (Å²) in [5, 5.41) is 3.11. The molecule has 1 saturated carbocycles. The molecule has 1 amide bonds. The van der Waals surface area contributed by atoms with Crippen molar-refractivity contribution in [3.05, 3.63) is 65.2 Å². The van der Waals surface area contributed by atoms with Gasteiger partial charge in [0.25, 0.3) is 5.91 Å². The van der Waals surface area contributed by atoms with Gasteiger partial charge in [-0.1, -0.05) is 36.4 Å². The molecule has 2 aromatic rings. The van der Waals surface area contributed by atoms with Crippen molar-refractivity contribution >= 4 is 11.6 Å². The van der Waals surface area contributed by atoms with E-state index in [0.717, 1.165) is 18.4 Å². The van der Waals surface area contributed by atoms with Gasteiger partial charge in [-0.3, -0.25) is 4.79 Å². The molecule has 0 aromatic heterocycles. The fourth-order valence-electron chi connectivity index (χ4n) is 2.88. The molecule has 0 radical (unpaired) electrons. The molecule has 0 bridgehead atoms. The van der Waals surface area contributed by atoms with Crippen LogP contribution in [0.5, 0.6) is 0 Å². The highest BCUT2D eigenvalue weighted by Crippen LogP contribution is 2.36. The van der Waals surface area contributed by atoms with Gasteiger partial charge in [-0.15, -0.1) is 0 Å². The maximum atomic E-state index is 12.3. The molecule has 0 heterocycles. The van der Waals surface area contributed by atoms with Crippen LogP contribution in [0.4, 0.5) is 5.69 Å². The molecule has 0 atom stereocenters. The molecule has 108 valence electrons. The van der Waals surface area contributed by atoms with E-state index in [1.54, 1.807) is 6.07 Å². The molecule has 0 saturated heterocycles. The summed E-state index contributed by atoms with van der Waals surface area (Å²) in [6.45, 7) is 1.93. The first-order valence-corrected chi connectivity index (χ1v) is 7.35. The Hall–Kier alpha value is -2.29. The zero-order valence-corrected chi connectivity index (χ0v) is 12.2. The quantitative estimate of drug-likeness (QED) is 0.848. The summed E-state index contributed by atoms with van der Waals surface area (Å²) in [4.78, 5) is 12.3. The number of amides is 1. The fourth-order valence-corrected chi connectivity index (χ4v) is 2.88. The summed E-state index contributed by atoms with van der Waals surface area (Å²) < 4.78 is 0. The third-order valence-corrected chi connectivity index (χ3v) is 4.25. The Bertz CT molecular complexity index is 646. The second-order valence-corrected chi connectivity index (χ2v) is 5.82. The van der Waals surface area contributed by atoms with Crippen LogP contribution in [0.15, 0.2) is 48.5 Å². The van der Waals surface area contributed by atoms with Crippen LogP contribution >= 0.6 is 0 Å². The molecule has 3 rings (SSSR count). The average Bonchev–Trinajstić information content (AvgIpc) is 2.45. The Balaban J connectivity index is 1.59. The van der Waals surface area contributed by atoms with Crippen molar-refractivity contribution in [1.29, 1.82) is 0 Å². The Labute approximate surface area is 125 Å². The Kier molecular flexibility index (Phi) is 3.65. The van der Waals surface area contributed by atoms with Crippen LogP contribution in [-0.4, -0.2) is 11.9 Å². The van der Waals surface area contributed by atoms with Crippen molar-refractivity contribution in [3.8, 4) is 0 Å². The number of rotatable bonds is 3. The van der Waals surface area contributed by atoms with Gasteiger partial charge in [0.1, 0.15) is 0 Å². The first-order valence-electron chi connectivity index (χ1n) is 7.35. The summed E-state index contributed by atoms with van der Waals surface area (Å²) in [5.41, 5.74) is 9.39. The molecule has 0 unspecified atom stereocenters. The van der Waals surface area contributed by atoms with Gasteiger partial charge in [-0.2, -0.15) is 0 Å². The van der Waals surface area contributed by atoms with Gasteiger partial charge in [0, 0.05) is 17.3 Å². The van der Waals surface area contributed by atoms with Crippen molar-refractivity contribution in [3.63, 3.8) is 0 Å². The van der Waals surface area contributed by atoms with Crippen LogP contribution in [0.1, 0.15) is 40.2 Å². The molecule has 1 fully saturated rings. The van der Waals surface area contributed by atoms with Gasteiger partial charge in [0.15, 0.2) is 0 Å². The van der Waals surface area contributed by atoms with Gasteiger partial charge in [0.2, 0.25) is 0 Å². The van der Waals surface area contributed by atoms with Crippen molar-refractivity contribution < 1.29 is 4.79 Å². The monoisotopic (exact) mass is 280 g/mol. The van der Waals surface area contributed by atoms with Crippen molar-refractivity contribution in [2.24, 2.45) is 0 Å². The number of nitrogens with two attached hydrogens (primary N) is 1. The van der Waals surface area contributed by atoms with E-state index in [4.69, 9.17) is 5.73 Å². The molecule has 0 aliphatic heterocycles. The molecular formula is C18H20N2O. The van der Waals surface area contributed by atoms with E-state index in [-0.39, 0.29) is 11.9 Å². The lowest BCUT2D eigenvalue weighted by Crippen LogP contribution is -2.43. The first kappa shape index (κ1) is 13.7. The van der Waals surface area contributed by atoms with Crippen molar-refractivity contribution in [1.82, 2.24) is 5.32 Å². The van der Waals surface area contributed by atoms with Gasteiger partial charge < -0.3 is 11.1 Å². The minimum absolute atomic E-state index is 0.0173. The number of benzene rings is 2. The molecule has 2 aromatic carbocycles. The summed E-state index contributed by atoms with van der Waals surface area (Å²) >= 11 is 0. The highest BCUT2D eigenvalue weighted by molar-refractivity contribution is 5.96. The minimum Gasteiger partial charge on any atom is -0.399 e. The third-order valence-electron chi connectivity index (χ3n) is 4.25. The predicted octanol–water partition coefficient (Wildman–Crippen LogP) is 3.25. The van der Waals surface area contributed by atoms with Gasteiger partial charge in [-0.25, -0.2) is 0 Å². The zero-order chi connectivity index (χ0) is 14.8. The van der Waals surface area contributed by atoms with Crippen LogP contribution in [0.3, 0.4) is 0 Å². The second-order valence-electron chi connectivity index (χ2n) is 5.82. The first-order chi connectivity index (χ1) is 10.1. The zero-order valence-electron chi connectivity index (χ0n) is 12.2. The second kappa shape index (κ2) is 5.60. The number of nitrogen functional groups attached to an aromatic ring is 1. The number of carbonyl (C=O) groups excluding carboxylic acids is 1. The Morgan fingerprint density at radius 2 is 1.86 bits per heavy atom.